The maximum Gasteiger partial charge on any atom is 0.264 e. The summed E-state index contributed by atoms with van der Waals surface area (Å²) in [5.74, 6) is -0.608. The quantitative estimate of drug-likeness (QED) is 0.292. The van der Waals surface area contributed by atoms with E-state index in [1.165, 1.54) is 48.8 Å². The van der Waals surface area contributed by atoms with Gasteiger partial charge in [-0.2, -0.15) is 0 Å². The Balaban J connectivity index is 1.53. The normalized spacial score (nSPS) is 11.5. The Hall–Kier alpha value is -3.74. The second-order valence-corrected chi connectivity index (χ2v) is 12.2. The molecule has 0 unspecified atom stereocenters. The van der Waals surface area contributed by atoms with Gasteiger partial charge in [0.15, 0.2) is 0 Å². The molecule has 2 N–H and O–H groups in total. The predicted molar refractivity (Wildman–Crippen MR) is 145 cm³/mol. The third-order valence-electron chi connectivity index (χ3n) is 5.08. The number of rotatable bonds is 9. The fourth-order valence-corrected chi connectivity index (χ4v) is 6.22. The van der Waals surface area contributed by atoms with Crippen LogP contribution in [-0.2, 0) is 24.8 Å². The molecule has 0 radical (unpaired) electrons. The van der Waals surface area contributed by atoms with Crippen molar-refractivity contribution in [2.45, 2.75) is 9.79 Å². The molecule has 12 heteroatoms. The van der Waals surface area contributed by atoms with Crippen LogP contribution in [0.1, 0.15) is 0 Å². The summed E-state index contributed by atoms with van der Waals surface area (Å²) < 4.78 is 56.1. The van der Waals surface area contributed by atoms with Crippen LogP contribution in [0.25, 0.3) is 0 Å². The minimum atomic E-state index is -4.06. The second kappa shape index (κ2) is 11.1. The highest BCUT2D eigenvalue weighted by Crippen LogP contribution is 2.26. The minimum absolute atomic E-state index is 0.0169. The number of carbonyl (C=O) groups is 1. The summed E-state index contributed by atoms with van der Waals surface area (Å²) in [7, 11) is -7.92. The molecule has 0 saturated carbocycles. The van der Waals surface area contributed by atoms with Gasteiger partial charge in [-0.1, -0.05) is 40.2 Å². The Morgan fingerprint density at radius 1 is 0.811 bits per heavy atom. The Morgan fingerprint density at radius 3 is 2.19 bits per heavy atom. The zero-order valence-electron chi connectivity index (χ0n) is 19.2. The van der Waals surface area contributed by atoms with Crippen LogP contribution in [0.15, 0.2) is 118 Å². The largest absolute Gasteiger partial charge is 0.325 e. The van der Waals surface area contributed by atoms with Crippen LogP contribution in [0.5, 0.6) is 0 Å². The smallest absolute Gasteiger partial charge is 0.264 e. The van der Waals surface area contributed by atoms with E-state index in [0.29, 0.717) is 21.5 Å². The number of nitrogens with one attached hydrogen (secondary N) is 2. The number of aromatic nitrogens is 1. The summed E-state index contributed by atoms with van der Waals surface area (Å²) in [6.07, 6.45) is 2.91. The topological polar surface area (TPSA) is 126 Å². The van der Waals surface area contributed by atoms with Gasteiger partial charge in [-0.15, -0.1) is 0 Å². The number of benzene rings is 3. The van der Waals surface area contributed by atoms with Crippen molar-refractivity contribution in [3.05, 3.63) is 108 Å². The molecule has 9 nitrogen and oxygen atoms in total. The van der Waals surface area contributed by atoms with Gasteiger partial charge in [0, 0.05) is 16.4 Å². The molecule has 1 amide bonds. The summed E-state index contributed by atoms with van der Waals surface area (Å²) in [6, 6.07) is 23.1. The maximum absolute atomic E-state index is 13.4. The highest BCUT2D eigenvalue weighted by atomic mass is 79.9. The van der Waals surface area contributed by atoms with Gasteiger partial charge < -0.3 is 5.32 Å². The number of pyridine rings is 1. The molecule has 0 aliphatic heterocycles. The molecule has 4 aromatic rings. The molecule has 0 fully saturated rings. The third kappa shape index (κ3) is 6.53. The molecular weight excluding hydrogens is 580 g/mol. The number of hydrogen-bond donors (Lipinski definition) is 2. The van der Waals surface area contributed by atoms with Crippen molar-refractivity contribution in [3.63, 3.8) is 0 Å². The zero-order chi connectivity index (χ0) is 26.5. The lowest BCUT2D eigenvalue weighted by Gasteiger charge is -2.24. The Labute approximate surface area is 223 Å². The van der Waals surface area contributed by atoms with Gasteiger partial charge in [0.2, 0.25) is 5.91 Å². The monoisotopic (exact) mass is 600 g/mol. The number of sulfonamides is 2. The van der Waals surface area contributed by atoms with E-state index in [2.05, 4.69) is 31.0 Å². The molecule has 37 heavy (non-hydrogen) atoms. The number of anilines is 3. The van der Waals surface area contributed by atoms with Gasteiger partial charge in [-0.3, -0.25) is 18.8 Å². The second-order valence-electron chi connectivity index (χ2n) is 7.72. The first-order valence-electron chi connectivity index (χ1n) is 10.8. The van der Waals surface area contributed by atoms with Crippen molar-refractivity contribution in [2.24, 2.45) is 0 Å². The van der Waals surface area contributed by atoms with Crippen LogP contribution in [0, 0.1) is 0 Å². The van der Waals surface area contributed by atoms with Crippen molar-refractivity contribution in [2.75, 3.05) is 20.9 Å². The highest BCUT2D eigenvalue weighted by molar-refractivity contribution is 9.10. The van der Waals surface area contributed by atoms with E-state index in [9.17, 15) is 21.6 Å². The SMILES string of the molecule is O=C(CN(c1cccc(Br)c1)S(=O)(=O)c1ccccc1)Nc1ccc(S(=O)(=O)Nc2cccnc2)cc1. The van der Waals surface area contributed by atoms with E-state index in [4.69, 9.17) is 0 Å². The maximum atomic E-state index is 13.4. The molecule has 1 aromatic heterocycles. The lowest BCUT2D eigenvalue weighted by atomic mass is 10.3. The van der Waals surface area contributed by atoms with Gasteiger partial charge in [0.1, 0.15) is 6.54 Å². The summed E-state index contributed by atoms with van der Waals surface area (Å²) in [6.45, 7) is -0.504. The average molecular weight is 602 g/mol. The first-order valence-corrected chi connectivity index (χ1v) is 14.5. The lowest BCUT2D eigenvalue weighted by molar-refractivity contribution is -0.114. The van der Waals surface area contributed by atoms with Gasteiger partial charge >= 0.3 is 0 Å². The molecule has 4 rings (SSSR count). The molecule has 1 heterocycles. The highest BCUT2D eigenvalue weighted by Gasteiger charge is 2.27. The lowest BCUT2D eigenvalue weighted by Crippen LogP contribution is -2.38. The van der Waals surface area contributed by atoms with Crippen LogP contribution in [0.4, 0.5) is 17.1 Å². The van der Waals surface area contributed by atoms with Crippen LogP contribution in [0.2, 0.25) is 0 Å². The summed E-state index contributed by atoms with van der Waals surface area (Å²) in [5.41, 5.74) is 0.917. The number of carbonyl (C=O) groups excluding carboxylic acids is 1. The zero-order valence-corrected chi connectivity index (χ0v) is 22.4. The van der Waals surface area contributed by atoms with Gasteiger partial charge in [-0.25, -0.2) is 16.8 Å². The van der Waals surface area contributed by atoms with Crippen molar-refractivity contribution in [1.82, 2.24) is 4.98 Å². The predicted octanol–water partition coefficient (Wildman–Crippen LogP) is 4.48. The van der Waals surface area contributed by atoms with Gasteiger partial charge in [0.25, 0.3) is 20.0 Å². The van der Waals surface area contributed by atoms with E-state index in [-0.39, 0.29) is 9.79 Å². The van der Waals surface area contributed by atoms with E-state index < -0.39 is 32.5 Å². The number of amides is 1. The first-order chi connectivity index (χ1) is 17.6. The Bertz CT molecular complexity index is 1600. The fraction of sp³-hybridized carbons (Fsp3) is 0.0400. The van der Waals surface area contributed by atoms with Gasteiger partial charge in [-0.05, 0) is 66.7 Å². The van der Waals surface area contributed by atoms with Crippen LogP contribution in [-0.4, -0.2) is 34.3 Å². The minimum Gasteiger partial charge on any atom is -0.325 e. The summed E-state index contributed by atoms with van der Waals surface area (Å²) in [5, 5.41) is 2.63. The number of halogens is 1. The number of nitrogens with zero attached hydrogens (tertiary/aromatic N) is 2. The summed E-state index contributed by atoms with van der Waals surface area (Å²) >= 11 is 3.34. The fourth-order valence-electron chi connectivity index (χ4n) is 3.35. The first kappa shape index (κ1) is 26.3. The standard InChI is InChI=1S/C25H21BrN4O5S2/c26-19-6-4-8-22(16-19)30(37(34,35)24-9-2-1-3-10-24)18-25(31)28-20-11-13-23(14-12-20)36(32,33)29-21-7-5-15-27-17-21/h1-17,29H,18H2,(H,28,31). The van der Waals surface area contributed by atoms with Crippen molar-refractivity contribution < 1.29 is 21.6 Å². The molecule has 190 valence electrons. The molecule has 0 spiro atoms. The van der Waals surface area contributed by atoms with Gasteiger partial charge in [0.05, 0.1) is 27.4 Å². The Kier molecular flexibility index (Phi) is 7.91. The molecule has 0 saturated heterocycles. The number of hydrogen-bond acceptors (Lipinski definition) is 6. The van der Waals surface area contributed by atoms with Crippen molar-refractivity contribution in [3.8, 4) is 0 Å². The van der Waals surface area contributed by atoms with E-state index in [1.807, 2.05) is 0 Å². The van der Waals surface area contributed by atoms with E-state index in [1.54, 1.807) is 54.6 Å². The molecular formula is C25H21BrN4O5S2. The van der Waals surface area contributed by atoms with Crippen LogP contribution < -0.4 is 14.3 Å². The van der Waals surface area contributed by atoms with Crippen LogP contribution in [0.3, 0.4) is 0 Å². The van der Waals surface area contributed by atoms with Crippen molar-refractivity contribution >= 4 is 58.9 Å². The molecule has 3 aromatic carbocycles. The molecule has 0 atom stereocenters. The third-order valence-corrected chi connectivity index (χ3v) is 8.76. The summed E-state index contributed by atoms with van der Waals surface area (Å²) in [4.78, 5) is 16.8. The average Bonchev–Trinajstić information content (AvgIpc) is 2.88. The molecule has 0 aliphatic carbocycles. The molecule has 0 aliphatic rings. The van der Waals surface area contributed by atoms with Crippen LogP contribution >= 0.6 is 15.9 Å². The Morgan fingerprint density at radius 2 is 1.54 bits per heavy atom. The van der Waals surface area contributed by atoms with E-state index in [0.717, 1.165) is 4.31 Å². The van der Waals surface area contributed by atoms with Crippen molar-refractivity contribution in [1.29, 1.82) is 0 Å². The van der Waals surface area contributed by atoms with E-state index >= 15 is 0 Å². The molecule has 0 bridgehead atoms.